The lowest BCUT2D eigenvalue weighted by molar-refractivity contribution is -0.132. The van der Waals surface area contributed by atoms with Crippen LogP contribution in [0.2, 0.25) is 0 Å². The van der Waals surface area contributed by atoms with Crippen LogP contribution in [0.1, 0.15) is 53.0 Å². The van der Waals surface area contributed by atoms with Gasteiger partial charge in [-0.05, 0) is 45.1 Å². The quantitative estimate of drug-likeness (QED) is 0.301. The van der Waals surface area contributed by atoms with E-state index in [9.17, 15) is 24.3 Å². The molecule has 6 N–H and O–H groups in total. The first-order valence-corrected chi connectivity index (χ1v) is 11.4. The molecular weight excluding hydrogens is 440 g/mol. The third-order valence-corrected chi connectivity index (χ3v) is 4.85. The Bertz CT molecular complexity index is 823. The molecule has 0 saturated carbocycles. The summed E-state index contributed by atoms with van der Waals surface area (Å²) >= 11 is 0. The standard InChI is InChI=1S/C24H38N4O6/c1-15(2)19(28-23(33)34-24(3,4)5)22(32)26-17(12-9-13-29)21(31)27-18(20(25)30)14-16-10-7-6-8-11-16/h6-8,10-11,15,17-19,29H,9,12-14H2,1-5H3,(H2,25,30)(H,26,32)(H,27,31)(H,28,33)/t17-,18-,19-/m0/s1. The van der Waals surface area contributed by atoms with E-state index in [-0.39, 0.29) is 31.8 Å². The second-order valence-electron chi connectivity index (χ2n) is 9.45. The molecule has 0 aliphatic carbocycles. The average Bonchev–Trinajstić information content (AvgIpc) is 2.73. The van der Waals surface area contributed by atoms with Crippen LogP contribution >= 0.6 is 0 Å². The molecule has 0 radical (unpaired) electrons. The summed E-state index contributed by atoms with van der Waals surface area (Å²) < 4.78 is 5.23. The molecule has 0 bridgehead atoms. The van der Waals surface area contributed by atoms with E-state index in [2.05, 4.69) is 16.0 Å². The molecule has 0 aliphatic rings. The number of primary amides is 1. The minimum atomic E-state index is -1.04. The fraction of sp³-hybridized carbons (Fsp3) is 0.583. The molecule has 10 nitrogen and oxygen atoms in total. The lowest BCUT2D eigenvalue weighted by Gasteiger charge is -2.27. The first-order valence-electron chi connectivity index (χ1n) is 11.4. The smallest absolute Gasteiger partial charge is 0.408 e. The van der Waals surface area contributed by atoms with E-state index in [0.29, 0.717) is 0 Å². The van der Waals surface area contributed by atoms with Crippen LogP contribution in [-0.2, 0) is 25.5 Å². The van der Waals surface area contributed by atoms with Gasteiger partial charge in [0.25, 0.3) is 0 Å². The van der Waals surface area contributed by atoms with Crippen molar-refractivity contribution in [1.82, 2.24) is 16.0 Å². The van der Waals surface area contributed by atoms with Crippen molar-refractivity contribution in [3.05, 3.63) is 35.9 Å². The summed E-state index contributed by atoms with van der Waals surface area (Å²) in [4.78, 5) is 50.1. The lowest BCUT2D eigenvalue weighted by Crippen LogP contribution is -2.58. The normalized spacial score (nSPS) is 14.0. The van der Waals surface area contributed by atoms with Crippen LogP contribution in [0.25, 0.3) is 0 Å². The van der Waals surface area contributed by atoms with Crippen molar-refractivity contribution < 1.29 is 29.0 Å². The van der Waals surface area contributed by atoms with Gasteiger partial charge in [0, 0.05) is 13.0 Å². The lowest BCUT2D eigenvalue weighted by atomic mass is 10.0. The van der Waals surface area contributed by atoms with E-state index in [1.165, 1.54) is 0 Å². The van der Waals surface area contributed by atoms with Gasteiger partial charge in [-0.2, -0.15) is 0 Å². The molecule has 0 saturated heterocycles. The topological polar surface area (TPSA) is 160 Å². The Morgan fingerprint density at radius 1 is 0.971 bits per heavy atom. The third kappa shape index (κ3) is 10.7. The molecule has 190 valence electrons. The summed E-state index contributed by atoms with van der Waals surface area (Å²) in [5.74, 6) is -2.21. The Labute approximate surface area is 201 Å². The van der Waals surface area contributed by atoms with Crippen molar-refractivity contribution in [2.45, 2.75) is 77.6 Å². The number of hydrogen-bond acceptors (Lipinski definition) is 6. The zero-order valence-corrected chi connectivity index (χ0v) is 20.6. The first-order chi connectivity index (χ1) is 15.8. The molecule has 0 fully saturated rings. The molecule has 1 aromatic rings. The van der Waals surface area contributed by atoms with Gasteiger partial charge in [-0.15, -0.1) is 0 Å². The molecule has 34 heavy (non-hydrogen) atoms. The van der Waals surface area contributed by atoms with Crippen LogP contribution < -0.4 is 21.7 Å². The number of rotatable bonds is 12. The molecule has 0 aromatic heterocycles. The Kier molecular flexibility index (Phi) is 11.5. The summed E-state index contributed by atoms with van der Waals surface area (Å²) in [7, 11) is 0. The van der Waals surface area contributed by atoms with Gasteiger partial charge < -0.3 is 31.5 Å². The van der Waals surface area contributed by atoms with Gasteiger partial charge in [0.1, 0.15) is 23.7 Å². The molecular formula is C24H38N4O6. The van der Waals surface area contributed by atoms with Crippen molar-refractivity contribution in [1.29, 1.82) is 0 Å². The first kappa shape index (κ1) is 28.9. The third-order valence-electron chi connectivity index (χ3n) is 4.85. The Morgan fingerprint density at radius 2 is 1.56 bits per heavy atom. The maximum atomic E-state index is 13.0. The summed E-state index contributed by atoms with van der Waals surface area (Å²) in [6, 6.07) is 6.08. The molecule has 3 atom stereocenters. The van der Waals surface area contributed by atoms with E-state index >= 15 is 0 Å². The van der Waals surface area contributed by atoms with Crippen molar-refractivity contribution in [3.8, 4) is 0 Å². The minimum absolute atomic E-state index is 0.127. The predicted octanol–water partition coefficient (Wildman–Crippen LogP) is 1.01. The Morgan fingerprint density at radius 3 is 2.06 bits per heavy atom. The molecule has 1 aromatic carbocycles. The van der Waals surface area contributed by atoms with Gasteiger partial charge in [0.05, 0.1) is 0 Å². The number of carbonyl (C=O) groups excluding carboxylic acids is 4. The molecule has 10 heteroatoms. The van der Waals surface area contributed by atoms with Crippen molar-refractivity contribution in [2.75, 3.05) is 6.61 Å². The highest BCUT2D eigenvalue weighted by Gasteiger charge is 2.31. The van der Waals surface area contributed by atoms with Crippen LogP contribution in [-0.4, -0.2) is 59.3 Å². The van der Waals surface area contributed by atoms with Crippen molar-refractivity contribution >= 4 is 23.8 Å². The van der Waals surface area contributed by atoms with Gasteiger partial charge >= 0.3 is 6.09 Å². The molecule has 1 rings (SSSR count). The average molecular weight is 479 g/mol. The van der Waals surface area contributed by atoms with E-state index in [1.54, 1.807) is 34.6 Å². The number of nitrogens with two attached hydrogens (primary N) is 1. The largest absolute Gasteiger partial charge is 0.444 e. The summed E-state index contributed by atoms with van der Waals surface area (Å²) in [6.07, 6.45) is -0.196. The number of amides is 4. The van der Waals surface area contributed by atoms with Crippen LogP contribution in [0.15, 0.2) is 30.3 Å². The number of carbonyl (C=O) groups is 4. The fourth-order valence-corrected chi connectivity index (χ4v) is 3.14. The zero-order valence-electron chi connectivity index (χ0n) is 20.6. The number of aliphatic hydroxyl groups excluding tert-OH is 1. The Hall–Kier alpha value is -3.14. The van der Waals surface area contributed by atoms with E-state index in [4.69, 9.17) is 10.5 Å². The van der Waals surface area contributed by atoms with Crippen LogP contribution in [0.4, 0.5) is 4.79 Å². The molecule has 0 aliphatic heterocycles. The highest BCUT2D eigenvalue weighted by atomic mass is 16.6. The van der Waals surface area contributed by atoms with E-state index in [0.717, 1.165) is 5.56 Å². The monoisotopic (exact) mass is 478 g/mol. The van der Waals surface area contributed by atoms with Gasteiger partial charge in [0.2, 0.25) is 17.7 Å². The highest BCUT2D eigenvalue weighted by molar-refractivity contribution is 5.93. The van der Waals surface area contributed by atoms with E-state index in [1.807, 2.05) is 30.3 Å². The number of ether oxygens (including phenoxy) is 1. The molecule has 0 spiro atoms. The summed E-state index contributed by atoms with van der Waals surface area (Å²) in [5, 5.41) is 17.0. The minimum Gasteiger partial charge on any atom is -0.444 e. The number of benzene rings is 1. The number of nitrogens with one attached hydrogen (secondary N) is 3. The number of hydrogen-bond donors (Lipinski definition) is 5. The maximum absolute atomic E-state index is 13.0. The molecule has 4 amide bonds. The second kappa shape index (κ2) is 13.5. The zero-order chi connectivity index (χ0) is 25.9. The Balaban J connectivity index is 2.93. The highest BCUT2D eigenvalue weighted by Crippen LogP contribution is 2.10. The van der Waals surface area contributed by atoms with Crippen molar-refractivity contribution in [2.24, 2.45) is 11.7 Å². The summed E-state index contributed by atoms with van der Waals surface area (Å²) in [5.41, 5.74) is 5.55. The predicted molar refractivity (Wildman–Crippen MR) is 128 cm³/mol. The number of alkyl carbamates (subject to hydrolysis) is 1. The van der Waals surface area contributed by atoms with Gasteiger partial charge in [0.15, 0.2) is 0 Å². The van der Waals surface area contributed by atoms with E-state index < -0.39 is 47.5 Å². The SMILES string of the molecule is CC(C)[C@H](NC(=O)OC(C)(C)C)C(=O)N[C@@H](CCCO)C(=O)N[C@@H](Cc1ccccc1)C(N)=O. The van der Waals surface area contributed by atoms with Gasteiger partial charge in [-0.1, -0.05) is 44.2 Å². The molecule has 0 unspecified atom stereocenters. The van der Waals surface area contributed by atoms with Crippen LogP contribution in [0, 0.1) is 5.92 Å². The second-order valence-corrected chi connectivity index (χ2v) is 9.45. The van der Waals surface area contributed by atoms with Crippen LogP contribution in [0.5, 0.6) is 0 Å². The van der Waals surface area contributed by atoms with Gasteiger partial charge in [-0.3, -0.25) is 14.4 Å². The number of aliphatic hydroxyl groups is 1. The fourth-order valence-electron chi connectivity index (χ4n) is 3.14. The maximum Gasteiger partial charge on any atom is 0.408 e. The van der Waals surface area contributed by atoms with Crippen molar-refractivity contribution in [3.63, 3.8) is 0 Å². The summed E-state index contributed by atoms with van der Waals surface area (Å²) in [6.45, 7) is 8.41. The van der Waals surface area contributed by atoms with Gasteiger partial charge in [-0.25, -0.2) is 4.79 Å². The molecule has 0 heterocycles. The van der Waals surface area contributed by atoms with Crippen LogP contribution in [0.3, 0.4) is 0 Å².